The molecule has 3 rings (SSSR count). The first-order chi connectivity index (χ1) is 17.6. The van der Waals surface area contributed by atoms with Gasteiger partial charge in [0.1, 0.15) is 11.5 Å². The zero-order valence-corrected chi connectivity index (χ0v) is 21.9. The molecule has 0 aliphatic carbocycles. The summed E-state index contributed by atoms with van der Waals surface area (Å²) in [5.41, 5.74) is 3.68. The molecule has 0 saturated carbocycles. The first kappa shape index (κ1) is 27.2. The Kier molecular flexibility index (Phi) is 11.2. The van der Waals surface area contributed by atoms with Gasteiger partial charge in [-0.05, 0) is 90.6 Å². The fourth-order valence-corrected chi connectivity index (χ4v) is 3.82. The van der Waals surface area contributed by atoms with Crippen LogP contribution in [0.2, 0.25) is 0 Å². The zero-order valence-electron chi connectivity index (χ0n) is 21.9. The molecule has 0 saturated heterocycles. The van der Waals surface area contributed by atoms with E-state index in [-0.39, 0.29) is 5.97 Å². The van der Waals surface area contributed by atoms with Crippen LogP contribution < -0.4 is 9.47 Å². The molecule has 0 spiro atoms. The highest BCUT2D eigenvalue weighted by atomic mass is 16.5. The van der Waals surface area contributed by atoms with Crippen LogP contribution in [0.1, 0.15) is 93.1 Å². The number of hydrogen-bond donors (Lipinski definition) is 0. The molecule has 4 heteroatoms. The molecule has 0 N–H and O–H groups in total. The van der Waals surface area contributed by atoms with Crippen LogP contribution >= 0.6 is 0 Å². The summed E-state index contributed by atoms with van der Waals surface area (Å²) in [6.07, 6.45) is 10.3. The van der Waals surface area contributed by atoms with Gasteiger partial charge < -0.3 is 9.47 Å². The Labute approximate surface area is 216 Å². The number of benzene rings is 3. The number of rotatable bonds is 14. The van der Waals surface area contributed by atoms with Crippen LogP contribution in [-0.4, -0.2) is 18.8 Å². The second-order valence-corrected chi connectivity index (χ2v) is 9.26. The van der Waals surface area contributed by atoms with Crippen LogP contribution in [0.3, 0.4) is 0 Å². The Morgan fingerprint density at radius 2 is 1.44 bits per heavy atom. The van der Waals surface area contributed by atoms with Crippen LogP contribution in [0.5, 0.6) is 11.5 Å². The predicted molar refractivity (Wildman–Crippen MR) is 149 cm³/mol. The molecule has 0 amide bonds. The Morgan fingerprint density at radius 1 is 0.806 bits per heavy atom. The smallest absolute Gasteiger partial charge is 0.343 e. The molecule has 3 aromatic rings. The quantitative estimate of drug-likeness (QED) is 0.0991. The molecular formula is C32H39NO3. The van der Waals surface area contributed by atoms with Gasteiger partial charge in [0, 0.05) is 6.21 Å². The van der Waals surface area contributed by atoms with Crippen molar-refractivity contribution in [3.8, 4) is 11.5 Å². The average molecular weight is 486 g/mol. The van der Waals surface area contributed by atoms with Gasteiger partial charge in [-0.2, -0.15) is 0 Å². The van der Waals surface area contributed by atoms with Crippen molar-refractivity contribution >= 4 is 17.9 Å². The molecule has 0 fully saturated rings. The third-order valence-electron chi connectivity index (χ3n) is 6.38. The van der Waals surface area contributed by atoms with E-state index in [1.165, 1.54) is 37.7 Å². The van der Waals surface area contributed by atoms with E-state index in [0.29, 0.717) is 23.8 Å². The topological polar surface area (TPSA) is 47.9 Å². The molecule has 0 aromatic heterocycles. The van der Waals surface area contributed by atoms with Crippen molar-refractivity contribution in [2.45, 2.75) is 71.6 Å². The minimum Gasteiger partial charge on any atom is -0.494 e. The Balaban J connectivity index is 1.45. The average Bonchev–Trinajstić information content (AvgIpc) is 2.92. The molecule has 0 radical (unpaired) electrons. The maximum atomic E-state index is 12.5. The molecule has 0 aliphatic heterocycles. The van der Waals surface area contributed by atoms with E-state index in [1.807, 2.05) is 42.6 Å². The van der Waals surface area contributed by atoms with Gasteiger partial charge >= 0.3 is 5.97 Å². The lowest BCUT2D eigenvalue weighted by molar-refractivity contribution is 0.0734. The Hall–Kier alpha value is -3.40. The number of carbonyl (C=O) groups excluding carboxylic acids is 1. The third-order valence-corrected chi connectivity index (χ3v) is 6.38. The molecule has 0 bridgehead atoms. The summed E-state index contributed by atoms with van der Waals surface area (Å²) in [6.45, 7) is 7.36. The van der Waals surface area contributed by atoms with Crippen LogP contribution in [0.25, 0.3) is 0 Å². The number of unbranched alkanes of at least 4 members (excludes halogenated alkanes) is 5. The minimum absolute atomic E-state index is 0.389. The van der Waals surface area contributed by atoms with E-state index >= 15 is 0 Å². The lowest BCUT2D eigenvalue weighted by Gasteiger charge is -2.08. The highest BCUT2D eigenvalue weighted by molar-refractivity contribution is 5.91. The molecule has 0 heterocycles. The van der Waals surface area contributed by atoms with Crippen molar-refractivity contribution in [3.63, 3.8) is 0 Å². The lowest BCUT2D eigenvalue weighted by Crippen LogP contribution is -2.08. The van der Waals surface area contributed by atoms with E-state index in [4.69, 9.17) is 9.47 Å². The normalized spacial score (nSPS) is 12.0. The minimum atomic E-state index is -0.389. The molecule has 1 atom stereocenters. The first-order valence-corrected chi connectivity index (χ1v) is 13.3. The summed E-state index contributed by atoms with van der Waals surface area (Å²) >= 11 is 0. The molecule has 190 valence electrons. The van der Waals surface area contributed by atoms with Crippen LogP contribution in [0, 0.1) is 0 Å². The third kappa shape index (κ3) is 8.99. The van der Waals surface area contributed by atoms with Crippen molar-refractivity contribution in [1.29, 1.82) is 0 Å². The summed E-state index contributed by atoms with van der Waals surface area (Å²) in [4.78, 5) is 17.1. The summed E-state index contributed by atoms with van der Waals surface area (Å²) in [7, 11) is 0. The fraction of sp³-hybridized carbons (Fsp3) is 0.375. The summed E-state index contributed by atoms with van der Waals surface area (Å²) in [5, 5.41) is 0. The van der Waals surface area contributed by atoms with Gasteiger partial charge in [0.25, 0.3) is 0 Å². The maximum absolute atomic E-state index is 12.5. The standard InChI is InChI=1S/C32H39NO3/c1-4-6-7-8-9-10-23-35-30-21-15-28(16-22-30)32(34)36-31-19-11-26(12-20-31)24-33-29-17-13-27(14-18-29)25(3)5-2/h11-22,24-25H,4-10,23H2,1-3H3/t25-/m0/s1. The number of aliphatic imine (C=N–C) groups is 1. The van der Waals surface area contributed by atoms with E-state index in [9.17, 15) is 4.79 Å². The monoisotopic (exact) mass is 485 g/mol. The number of nitrogens with zero attached hydrogens (tertiary/aromatic N) is 1. The van der Waals surface area contributed by atoms with E-state index < -0.39 is 0 Å². The highest BCUT2D eigenvalue weighted by Crippen LogP contribution is 2.22. The van der Waals surface area contributed by atoms with Crippen molar-refractivity contribution in [2.24, 2.45) is 4.99 Å². The molecule has 0 aliphatic rings. The largest absolute Gasteiger partial charge is 0.494 e. The van der Waals surface area contributed by atoms with Gasteiger partial charge in [-0.1, -0.05) is 65.0 Å². The van der Waals surface area contributed by atoms with E-state index in [1.54, 1.807) is 24.3 Å². The molecule has 3 aromatic carbocycles. The number of esters is 1. The van der Waals surface area contributed by atoms with Gasteiger partial charge in [-0.3, -0.25) is 4.99 Å². The van der Waals surface area contributed by atoms with Crippen molar-refractivity contribution in [1.82, 2.24) is 0 Å². The Morgan fingerprint density at radius 3 is 2.11 bits per heavy atom. The van der Waals surface area contributed by atoms with Crippen molar-refractivity contribution < 1.29 is 14.3 Å². The second kappa shape index (κ2) is 14.9. The molecule has 36 heavy (non-hydrogen) atoms. The SMILES string of the molecule is CCCCCCCCOc1ccc(C(=O)Oc2ccc(C=Nc3ccc([C@@H](C)CC)cc3)cc2)cc1. The van der Waals surface area contributed by atoms with Crippen molar-refractivity contribution in [2.75, 3.05) is 6.61 Å². The molecule has 4 nitrogen and oxygen atoms in total. The zero-order chi connectivity index (χ0) is 25.6. The maximum Gasteiger partial charge on any atom is 0.343 e. The van der Waals surface area contributed by atoms with Gasteiger partial charge in [-0.15, -0.1) is 0 Å². The predicted octanol–water partition coefficient (Wildman–Crippen LogP) is 8.91. The lowest BCUT2D eigenvalue weighted by atomic mass is 9.99. The fourth-order valence-electron chi connectivity index (χ4n) is 3.82. The van der Waals surface area contributed by atoms with E-state index in [0.717, 1.165) is 29.8 Å². The van der Waals surface area contributed by atoms with Crippen molar-refractivity contribution in [3.05, 3.63) is 89.5 Å². The second-order valence-electron chi connectivity index (χ2n) is 9.26. The summed E-state index contributed by atoms with van der Waals surface area (Å²) < 4.78 is 11.3. The molecular weight excluding hydrogens is 446 g/mol. The highest BCUT2D eigenvalue weighted by Gasteiger charge is 2.09. The van der Waals surface area contributed by atoms with Gasteiger partial charge in [0.15, 0.2) is 0 Å². The first-order valence-electron chi connectivity index (χ1n) is 13.3. The molecule has 0 unspecified atom stereocenters. The number of hydrogen-bond acceptors (Lipinski definition) is 4. The summed E-state index contributed by atoms with van der Waals surface area (Å²) in [5.74, 6) is 1.44. The Bertz CT molecular complexity index is 1070. The van der Waals surface area contributed by atoms with Gasteiger partial charge in [0.05, 0.1) is 17.9 Å². The van der Waals surface area contributed by atoms with Gasteiger partial charge in [-0.25, -0.2) is 4.79 Å². The number of carbonyl (C=O) groups is 1. The summed E-state index contributed by atoms with van der Waals surface area (Å²) in [6, 6.07) is 22.8. The van der Waals surface area contributed by atoms with E-state index in [2.05, 4.69) is 37.9 Å². The van der Waals surface area contributed by atoms with Crippen LogP contribution in [0.4, 0.5) is 5.69 Å². The van der Waals surface area contributed by atoms with Crippen LogP contribution in [-0.2, 0) is 0 Å². The number of ether oxygens (including phenoxy) is 2. The van der Waals surface area contributed by atoms with Gasteiger partial charge in [0.2, 0.25) is 0 Å². The van der Waals surface area contributed by atoms with Crippen LogP contribution in [0.15, 0.2) is 77.8 Å².